The van der Waals surface area contributed by atoms with E-state index in [1.54, 1.807) is 36.1 Å². The van der Waals surface area contributed by atoms with Crippen molar-refractivity contribution in [3.05, 3.63) is 63.6 Å². The van der Waals surface area contributed by atoms with E-state index in [1.807, 2.05) is 24.3 Å². The van der Waals surface area contributed by atoms with Crippen LogP contribution in [0, 0.1) is 0 Å². The molecular formula is C24H30BrClN2O3. The first-order chi connectivity index (χ1) is 14.9. The third kappa shape index (κ3) is 8.91. The SMILES string of the molecule is CCCCNC(=O)C(C)N(Cc1ccc(Br)cc1)C(=O)CCCOc1ccc(Cl)cc1. The Hall–Kier alpha value is -2.05. The largest absolute Gasteiger partial charge is 0.494 e. The van der Waals surface area contributed by atoms with Gasteiger partial charge in [-0.2, -0.15) is 0 Å². The van der Waals surface area contributed by atoms with Crippen LogP contribution in [0.3, 0.4) is 0 Å². The lowest BCUT2D eigenvalue weighted by atomic mass is 10.1. The molecule has 1 atom stereocenters. The van der Waals surface area contributed by atoms with Crippen molar-refractivity contribution < 1.29 is 14.3 Å². The Balaban J connectivity index is 1.96. The maximum Gasteiger partial charge on any atom is 0.242 e. The molecular weight excluding hydrogens is 480 g/mol. The van der Waals surface area contributed by atoms with Crippen molar-refractivity contribution in [2.75, 3.05) is 13.2 Å². The molecule has 2 rings (SSSR count). The van der Waals surface area contributed by atoms with Crippen LogP contribution in [0.2, 0.25) is 5.02 Å². The molecule has 2 aromatic rings. The molecule has 0 heterocycles. The molecule has 1 unspecified atom stereocenters. The molecule has 0 saturated heterocycles. The Labute approximate surface area is 198 Å². The van der Waals surface area contributed by atoms with Crippen LogP contribution in [-0.4, -0.2) is 35.9 Å². The second-order valence-corrected chi connectivity index (χ2v) is 8.73. The summed E-state index contributed by atoms with van der Waals surface area (Å²) in [7, 11) is 0. The van der Waals surface area contributed by atoms with E-state index in [0.29, 0.717) is 43.3 Å². The van der Waals surface area contributed by atoms with Gasteiger partial charge in [-0.1, -0.05) is 53.0 Å². The second-order valence-electron chi connectivity index (χ2n) is 7.37. The minimum Gasteiger partial charge on any atom is -0.494 e. The second kappa shape index (κ2) is 13.4. The van der Waals surface area contributed by atoms with Crippen molar-refractivity contribution in [2.24, 2.45) is 0 Å². The van der Waals surface area contributed by atoms with Gasteiger partial charge in [0.05, 0.1) is 6.61 Å². The van der Waals surface area contributed by atoms with Crippen LogP contribution in [0.15, 0.2) is 53.0 Å². The summed E-state index contributed by atoms with van der Waals surface area (Å²) in [4.78, 5) is 27.3. The quantitative estimate of drug-likeness (QED) is 0.379. The van der Waals surface area contributed by atoms with E-state index >= 15 is 0 Å². The summed E-state index contributed by atoms with van der Waals surface area (Å²) >= 11 is 9.31. The standard InChI is InChI=1S/C24H30BrClN2O3/c1-3-4-15-27-24(30)18(2)28(17-19-7-9-20(25)10-8-19)23(29)6-5-16-31-22-13-11-21(26)12-14-22/h7-14,18H,3-6,15-17H2,1-2H3,(H,27,30). The molecule has 0 bridgehead atoms. The van der Waals surface area contributed by atoms with Crippen LogP contribution in [-0.2, 0) is 16.1 Å². The van der Waals surface area contributed by atoms with Gasteiger partial charge in [-0.3, -0.25) is 9.59 Å². The molecule has 2 aromatic carbocycles. The van der Waals surface area contributed by atoms with Crippen molar-refractivity contribution in [1.82, 2.24) is 10.2 Å². The van der Waals surface area contributed by atoms with Gasteiger partial charge in [0.2, 0.25) is 11.8 Å². The normalized spacial score (nSPS) is 11.6. The van der Waals surface area contributed by atoms with Crippen LogP contribution in [0.5, 0.6) is 5.75 Å². The molecule has 0 aliphatic heterocycles. The summed E-state index contributed by atoms with van der Waals surface area (Å²) in [5, 5.41) is 3.58. The van der Waals surface area contributed by atoms with Crippen molar-refractivity contribution >= 4 is 39.3 Å². The summed E-state index contributed by atoms with van der Waals surface area (Å²) in [6, 6.07) is 14.4. The summed E-state index contributed by atoms with van der Waals surface area (Å²) < 4.78 is 6.65. The maximum absolute atomic E-state index is 13.0. The highest BCUT2D eigenvalue weighted by Gasteiger charge is 2.25. The number of amides is 2. The third-order valence-corrected chi connectivity index (χ3v) is 5.66. The van der Waals surface area contributed by atoms with Gasteiger partial charge in [-0.05, 0) is 61.7 Å². The Kier molecular flexibility index (Phi) is 10.9. The van der Waals surface area contributed by atoms with Crippen LogP contribution >= 0.6 is 27.5 Å². The molecule has 7 heteroatoms. The van der Waals surface area contributed by atoms with Gasteiger partial charge in [0.15, 0.2) is 0 Å². The Morgan fingerprint density at radius 3 is 2.42 bits per heavy atom. The van der Waals surface area contributed by atoms with E-state index in [0.717, 1.165) is 22.9 Å². The zero-order chi connectivity index (χ0) is 22.6. The van der Waals surface area contributed by atoms with Crippen LogP contribution < -0.4 is 10.1 Å². The lowest BCUT2D eigenvalue weighted by molar-refractivity contribution is -0.140. The van der Waals surface area contributed by atoms with Crippen molar-refractivity contribution in [3.63, 3.8) is 0 Å². The summed E-state index contributed by atoms with van der Waals surface area (Å²) in [6.07, 6.45) is 2.78. The minimum absolute atomic E-state index is 0.0687. The van der Waals surface area contributed by atoms with E-state index < -0.39 is 6.04 Å². The fourth-order valence-corrected chi connectivity index (χ4v) is 3.38. The van der Waals surface area contributed by atoms with Crippen LogP contribution in [0.4, 0.5) is 0 Å². The zero-order valence-electron chi connectivity index (χ0n) is 18.1. The highest BCUT2D eigenvalue weighted by Crippen LogP contribution is 2.17. The molecule has 168 valence electrons. The molecule has 0 aliphatic rings. The number of unbranched alkanes of at least 4 members (excludes halogenated alkanes) is 1. The number of ether oxygens (including phenoxy) is 1. The summed E-state index contributed by atoms with van der Waals surface area (Å²) in [5.41, 5.74) is 0.974. The Bertz CT molecular complexity index is 828. The Morgan fingerprint density at radius 1 is 1.10 bits per heavy atom. The van der Waals surface area contributed by atoms with Gasteiger partial charge < -0.3 is 15.0 Å². The molecule has 0 aromatic heterocycles. The molecule has 1 N–H and O–H groups in total. The average Bonchev–Trinajstić information content (AvgIpc) is 2.77. The van der Waals surface area contributed by atoms with Gasteiger partial charge in [0, 0.05) is 29.0 Å². The lowest BCUT2D eigenvalue weighted by Crippen LogP contribution is -2.47. The van der Waals surface area contributed by atoms with Gasteiger partial charge in [-0.15, -0.1) is 0 Å². The predicted octanol–water partition coefficient (Wildman–Crippen LogP) is 5.60. The fraction of sp³-hybridized carbons (Fsp3) is 0.417. The van der Waals surface area contributed by atoms with Gasteiger partial charge in [0.25, 0.3) is 0 Å². The number of benzene rings is 2. The van der Waals surface area contributed by atoms with Crippen LogP contribution in [0.25, 0.3) is 0 Å². The topological polar surface area (TPSA) is 58.6 Å². The highest BCUT2D eigenvalue weighted by molar-refractivity contribution is 9.10. The molecule has 2 amide bonds. The number of rotatable bonds is 12. The monoisotopic (exact) mass is 508 g/mol. The third-order valence-electron chi connectivity index (χ3n) is 4.88. The molecule has 5 nitrogen and oxygen atoms in total. The molecule has 31 heavy (non-hydrogen) atoms. The average molecular weight is 510 g/mol. The van der Waals surface area contributed by atoms with Crippen molar-refractivity contribution in [3.8, 4) is 5.75 Å². The smallest absolute Gasteiger partial charge is 0.242 e. The molecule has 0 aliphatic carbocycles. The number of halogens is 2. The van der Waals surface area contributed by atoms with Gasteiger partial charge in [-0.25, -0.2) is 0 Å². The van der Waals surface area contributed by atoms with E-state index in [-0.39, 0.29) is 11.8 Å². The first-order valence-corrected chi connectivity index (χ1v) is 11.8. The number of carbonyl (C=O) groups excluding carboxylic acids is 2. The molecule has 0 fully saturated rings. The minimum atomic E-state index is -0.551. The summed E-state index contributed by atoms with van der Waals surface area (Å²) in [5.74, 6) is 0.518. The number of nitrogens with one attached hydrogen (secondary N) is 1. The summed E-state index contributed by atoms with van der Waals surface area (Å²) in [6.45, 7) is 5.27. The molecule has 0 radical (unpaired) electrons. The van der Waals surface area contributed by atoms with E-state index in [1.165, 1.54) is 0 Å². The molecule has 0 spiro atoms. The first kappa shape index (κ1) is 25.2. The number of nitrogens with zero attached hydrogens (tertiary/aromatic N) is 1. The van der Waals surface area contributed by atoms with E-state index in [9.17, 15) is 9.59 Å². The van der Waals surface area contributed by atoms with Gasteiger partial charge >= 0.3 is 0 Å². The van der Waals surface area contributed by atoms with Gasteiger partial charge in [0.1, 0.15) is 11.8 Å². The first-order valence-electron chi connectivity index (χ1n) is 10.6. The van der Waals surface area contributed by atoms with Crippen molar-refractivity contribution in [1.29, 1.82) is 0 Å². The van der Waals surface area contributed by atoms with E-state index in [2.05, 4.69) is 28.2 Å². The number of carbonyl (C=O) groups is 2. The zero-order valence-corrected chi connectivity index (χ0v) is 20.4. The maximum atomic E-state index is 13.0. The number of hydrogen-bond acceptors (Lipinski definition) is 3. The number of hydrogen-bond donors (Lipinski definition) is 1. The Morgan fingerprint density at radius 2 is 1.77 bits per heavy atom. The van der Waals surface area contributed by atoms with E-state index in [4.69, 9.17) is 16.3 Å². The van der Waals surface area contributed by atoms with Crippen LogP contribution in [0.1, 0.15) is 45.1 Å². The highest BCUT2D eigenvalue weighted by atomic mass is 79.9. The van der Waals surface area contributed by atoms with Crippen molar-refractivity contribution in [2.45, 2.75) is 52.1 Å². The lowest BCUT2D eigenvalue weighted by Gasteiger charge is -2.29. The predicted molar refractivity (Wildman–Crippen MR) is 128 cm³/mol. The fourth-order valence-electron chi connectivity index (χ4n) is 2.99. The molecule has 0 saturated carbocycles.